The number of guanidine groups is 1. The first-order valence-corrected chi connectivity index (χ1v) is 7.64. The minimum absolute atomic E-state index is 0.627. The highest BCUT2D eigenvalue weighted by atomic mass is 15.3. The van der Waals surface area contributed by atoms with Crippen LogP contribution in [0, 0.1) is 0 Å². The van der Waals surface area contributed by atoms with E-state index in [4.69, 9.17) is 0 Å². The van der Waals surface area contributed by atoms with Gasteiger partial charge in [-0.2, -0.15) is 0 Å². The summed E-state index contributed by atoms with van der Waals surface area (Å²) >= 11 is 0. The predicted octanol–water partition coefficient (Wildman–Crippen LogP) is 1.54. The van der Waals surface area contributed by atoms with Gasteiger partial charge in [-0.05, 0) is 18.9 Å². The summed E-state index contributed by atoms with van der Waals surface area (Å²) in [6.45, 7) is 8.61. The molecule has 0 radical (unpaired) electrons. The maximum Gasteiger partial charge on any atom is 0.194 e. The van der Waals surface area contributed by atoms with E-state index >= 15 is 0 Å². The Labute approximate surface area is 121 Å². The van der Waals surface area contributed by atoms with Gasteiger partial charge in [-0.15, -0.1) is 0 Å². The average molecular weight is 272 g/mol. The zero-order valence-corrected chi connectivity index (χ0v) is 12.3. The van der Waals surface area contributed by atoms with E-state index < -0.39 is 0 Å². The number of rotatable bonds is 2. The molecule has 2 aliphatic rings. The van der Waals surface area contributed by atoms with Crippen LogP contribution >= 0.6 is 0 Å². The van der Waals surface area contributed by atoms with Crippen LogP contribution in [0.25, 0.3) is 0 Å². The molecule has 1 aromatic carbocycles. The standard InChI is InChI=1S/C16H24N4/c1-14-7-10-19(16-17-8-9-18-16)11-12-20(14)13-15-5-3-2-4-6-15/h2-6,14H,7-13H2,1H3,(H,17,18). The van der Waals surface area contributed by atoms with E-state index in [1.165, 1.54) is 12.0 Å². The Bertz CT molecular complexity index is 457. The van der Waals surface area contributed by atoms with E-state index in [2.05, 4.69) is 57.4 Å². The van der Waals surface area contributed by atoms with E-state index in [0.29, 0.717) is 6.04 Å². The molecule has 1 N–H and O–H groups in total. The van der Waals surface area contributed by atoms with Gasteiger partial charge in [0.1, 0.15) is 0 Å². The van der Waals surface area contributed by atoms with Crippen molar-refractivity contribution < 1.29 is 0 Å². The van der Waals surface area contributed by atoms with Gasteiger partial charge in [-0.1, -0.05) is 30.3 Å². The second-order valence-electron chi connectivity index (χ2n) is 5.71. The first-order chi connectivity index (χ1) is 9.83. The third kappa shape index (κ3) is 3.12. The Kier molecular flexibility index (Phi) is 4.21. The molecule has 1 unspecified atom stereocenters. The normalized spacial score (nSPS) is 24.1. The molecule has 0 amide bonds. The van der Waals surface area contributed by atoms with Crippen LogP contribution in [0.15, 0.2) is 35.3 Å². The highest BCUT2D eigenvalue weighted by Gasteiger charge is 2.23. The highest BCUT2D eigenvalue weighted by molar-refractivity contribution is 5.81. The first kappa shape index (κ1) is 13.4. The lowest BCUT2D eigenvalue weighted by Gasteiger charge is -2.26. The molecule has 0 saturated carbocycles. The van der Waals surface area contributed by atoms with Gasteiger partial charge in [0.05, 0.1) is 6.54 Å². The second kappa shape index (κ2) is 6.27. The molecular weight excluding hydrogens is 248 g/mol. The van der Waals surface area contributed by atoms with E-state index in [0.717, 1.165) is 45.2 Å². The zero-order chi connectivity index (χ0) is 13.8. The van der Waals surface area contributed by atoms with Gasteiger partial charge in [0.25, 0.3) is 0 Å². The largest absolute Gasteiger partial charge is 0.354 e. The summed E-state index contributed by atoms with van der Waals surface area (Å²) in [4.78, 5) is 9.55. The molecule has 0 bridgehead atoms. The van der Waals surface area contributed by atoms with Crippen LogP contribution in [0.3, 0.4) is 0 Å². The molecule has 2 aliphatic heterocycles. The quantitative estimate of drug-likeness (QED) is 0.886. The van der Waals surface area contributed by atoms with Crippen molar-refractivity contribution in [1.82, 2.24) is 15.1 Å². The summed E-state index contributed by atoms with van der Waals surface area (Å²) in [5, 5.41) is 3.39. The molecule has 1 aromatic rings. The topological polar surface area (TPSA) is 30.9 Å². The Morgan fingerprint density at radius 2 is 2.05 bits per heavy atom. The molecule has 4 nitrogen and oxygen atoms in total. The van der Waals surface area contributed by atoms with E-state index in [-0.39, 0.29) is 0 Å². The van der Waals surface area contributed by atoms with Crippen molar-refractivity contribution in [3.05, 3.63) is 35.9 Å². The molecule has 1 atom stereocenters. The summed E-state index contributed by atoms with van der Waals surface area (Å²) < 4.78 is 0. The Hall–Kier alpha value is -1.55. The smallest absolute Gasteiger partial charge is 0.194 e. The number of nitrogens with one attached hydrogen (secondary N) is 1. The van der Waals surface area contributed by atoms with Crippen molar-refractivity contribution in [2.45, 2.75) is 25.9 Å². The summed E-state index contributed by atoms with van der Waals surface area (Å²) in [5.41, 5.74) is 1.41. The van der Waals surface area contributed by atoms with Crippen LogP contribution in [0.1, 0.15) is 18.9 Å². The number of hydrogen-bond acceptors (Lipinski definition) is 4. The van der Waals surface area contributed by atoms with Crippen LogP contribution < -0.4 is 5.32 Å². The Morgan fingerprint density at radius 1 is 1.20 bits per heavy atom. The molecule has 0 aromatic heterocycles. The lowest BCUT2D eigenvalue weighted by Crippen LogP contribution is -2.41. The van der Waals surface area contributed by atoms with Crippen LogP contribution in [-0.2, 0) is 6.54 Å². The molecular formula is C16H24N4. The van der Waals surface area contributed by atoms with E-state index in [1.54, 1.807) is 0 Å². The summed E-state index contributed by atoms with van der Waals surface area (Å²) in [7, 11) is 0. The lowest BCUT2D eigenvalue weighted by atomic mass is 10.1. The van der Waals surface area contributed by atoms with Gasteiger partial charge in [0.15, 0.2) is 5.96 Å². The van der Waals surface area contributed by atoms with Crippen molar-refractivity contribution in [2.75, 3.05) is 32.7 Å². The van der Waals surface area contributed by atoms with Gasteiger partial charge >= 0.3 is 0 Å². The predicted molar refractivity (Wildman–Crippen MR) is 82.8 cm³/mol. The fourth-order valence-electron chi connectivity index (χ4n) is 2.97. The molecule has 1 saturated heterocycles. The monoisotopic (exact) mass is 272 g/mol. The van der Waals surface area contributed by atoms with Crippen LogP contribution in [-0.4, -0.2) is 54.5 Å². The van der Waals surface area contributed by atoms with E-state index in [1.807, 2.05) is 0 Å². The third-order valence-corrected chi connectivity index (χ3v) is 4.28. The highest BCUT2D eigenvalue weighted by Crippen LogP contribution is 2.15. The zero-order valence-electron chi connectivity index (χ0n) is 12.3. The molecule has 0 aliphatic carbocycles. The molecule has 1 fully saturated rings. The molecule has 2 heterocycles. The minimum atomic E-state index is 0.627. The number of hydrogen-bond donors (Lipinski definition) is 1. The fraction of sp³-hybridized carbons (Fsp3) is 0.562. The summed E-state index contributed by atoms with van der Waals surface area (Å²) in [6, 6.07) is 11.4. The second-order valence-corrected chi connectivity index (χ2v) is 5.71. The van der Waals surface area contributed by atoms with Crippen molar-refractivity contribution >= 4 is 5.96 Å². The number of benzene rings is 1. The summed E-state index contributed by atoms with van der Waals surface area (Å²) in [6.07, 6.45) is 1.20. The summed E-state index contributed by atoms with van der Waals surface area (Å²) in [5.74, 6) is 1.11. The molecule has 4 heteroatoms. The van der Waals surface area contributed by atoms with Gasteiger partial charge in [0, 0.05) is 38.8 Å². The lowest BCUT2D eigenvalue weighted by molar-refractivity contribution is 0.210. The van der Waals surface area contributed by atoms with Crippen molar-refractivity contribution in [3.63, 3.8) is 0 Å². The maximum absolute atomic E-state index is 4.55. The van der Waals surface area contributed by atoms with Crippen molar-refractivity contribution in [3.8, 4) is 0 Å². The van der Waals surface area contributed by atoms with E-state index in [9.17, 15) is 0 Å². The van der Waals surface area contributed by atoms with Gasteiger partial charge in [-0.3, -0.25) is 9.89 Å². The Balaban J connectivity index is 1.62. The molecule has 108 valence electrons. The molecule has 3 rings (SSSR count). The van der Waals surface area contributed by atoms with Gasteiger partial charge in [-0.25, -0.2) is 0 Å². The first-order valence-electron chi connectivity index (χ1n) is 7.64. The van der Waals surface area contributed by atoms with Crippen LogP contribution in [0.5, 0.6) is 0 Å². The van der Waals surface area contributed by atoms with Crippen molar-refractivity contribution in [2.24, 2.45) is 4.99 Å². The maximum atomic E-state index is 4.55. The fourth-order valence-corrected chi connectivity index (χ4v) is 2.97. The minimum Gasteiger partial charge on any atom is -0.354 e. The van der Waals surface area contributed by atoms with Gasteiger partial charge in [0.2, 0.25) is 0 Å². The third-order valence-electron chi connectivity index (χ3n) is 4.28. The van der Waals surface area contributed by atoms with Crippen LogP contribution in [0.4, 0.5) is 0 Å². The Morgan fingerprint density at radius 3 is 2.80 bits per heavy atom. The molecule has 20 heavy (non-hydrogen) atoms. The molecule has 0 spiro atoms. The van der Waals surface area contributed by atoms with Crippen LogP contribution in [0.2, 0.25) is 0 Å². The number of aliphatic imine (C=N–C) groups is 1. The van der Waals surface area contributed by atoms with Crippen molar-refractivity contribution in [1.29, 1.82) is 0 Å². The SMILES string of the molecule is CC1CCN(C2=NCCN2)CCN1Cc1ccccc1. The number of nitrogens with zero attached hydrogens (tertiary/aromatic N) is 3. The average Bonchev–Trinajstić information content (AvgIpc) is 2.95. The van der Waals surface area contributed by atoms with Gasteiger partial charge < -0.3 is 10.2 Å².